The first-order chi connectivity index (χ1) is 20.0. The first kappa shape index (κ1) is 25.9. The summed E-state index contributed by atoms with van der Waals surface area (Å²) >= 11 is 3.69. The van der Waals surface area contributed by atoms with Gasteiger partial charge in [0.15, 0.2) is 0 Å². The van der Waals surface area contributed by atoms with Gasteiger partial charge >= 0.3 is 0 Å². The predicted octanol–water partition coefficient (Wildman–Crippen LogP) is 8.63. The van der Waals surface area contributed by atoms with E-state index in [1.807, 2.05) is 103 Å². The lowest BCUT2D eigenvalue weighted by Gasteiger charge is -2.53. The number of allylic oxidation sites excluding steroid dienone is 2. The Morgan fingerprint density at radius 1 is 0.463 bits per heavy atom. The lowest BCUT2D eigenvalue weighted by molar-refractivity contribution is -0.0712. The number of hydrogen-bond donors (Lipinski definition) is 2. The van der Waals surface area contributed by atoms with Crippen molar-refractivity contribution in [3.05, 3.63) is 178 Å². The lowest BCUT2D eigenvalue weighted by atomic mass is 9.54. The number of aliphatic hydroxyl groups is 2. The van der Waals surface area contributed by atoms with Gasteiger partial charge in [0.25, 0.3) is 0 Å². The van der Waals surface area contributed by atoms with Crippen LogP contribution in [-0.2, 0) is 11.2 Å². The van der Waals surface area contributed by atoms with Gasteiger partial charge in [-0.3, -0.25) is 0 Å². The molecule has 7 rings (SSSR count). The zero-order valence-electron chi connectivity index (χ0n) is 22.4. The van der Waals surface area contributed by atoms with Crippen LogP contribution < -0.4 is 0 Å². The minimum atomic E-state index is -1.41. The molecule has 0 heterocycles. The summed E-state index contributed by atoms with van der Waals surface area (Å²) in [5.74, 6) is -0.868. The highest BCUT2D eigenvalue weighted by Crippen LogP contribution is 2.59. The van der Waals surface area contributed by atoms with Crippen molar-refractivity contribution < 1.29 is 10.2 Å². The molecule has 0 aliphatic heterocycles. The SMILES string of the molecule is OC1(c2ccccc2-c2ccccc2)c2ccc(Br)cc2C(O)(c2ccccc2-c2ccccc2)C2C=CC=CC21. The summed E-state index contributed by atoms with van der Waals surface area (Å²) in [7, 11) is 0. The Hall–Kier alpha value is -4.02. The van der Waals surface area contributed by atoms with E-state index in [0.717, 1.165) is 37.9 Å². The molecule has 0 amide bonds. The van der Waals surface area contributed by atoms with E-state index in [2.05, 4.69) is 64.5 Å². The van der Waals surface area contributed by atoms with Crippen molar-refractivity contribution in [1.82, 2.24) is 0 Å². The molecule has 2 aliphatic carbocycles. The molecular formula is C38H29BrO2. The molecular weight excluding hydrogens is 568 g/mol. The molecule has 0 spiro atoms. The van der Waals surface area contributed by atoms with Crippen LogP contribution in [0.2, 0.25) is 0 Å². The minimum Gasteiger partial charge on any atom is -0.380 e. The largest absolute Gasteiger partial charge is 0.380 e. The summed E-state index contributed by atoms with van der Waals surface area (Å²) in [4.78, 5) is 0. The van der Waals surface area contributed by atoms with E-state index >= 15 is 0 Å². The summed E-state index contributed by atoms with van der Waals surface area (Å²) in [6.07, 6.45) is 8.11. The third-order valence-corrected chi connectivity index (χ3v) is 9.24. The number of hydrogen-bond acceptors (Lipinski definition) is 2. The topological polar surface area (TPSA) is 40.5 Å². The summed E-state index contributed by atoms with van der Waals surface area (Å²) in [5, 5.41) is 26.4. The van der Waals surface area contributed by atoms with Crippen LogP contribution in [0.5, 0.6) is 0 Å². The molecule has 4 unspecified atom stereocenters. The Balaban J connectivity index is 1.55. The van der Waals surface area contributed by atoms with Gasteiger partial charge in [-0.25, -0.2) is 0 Å². The molecule has 2 N–H and O–H groups in total. The number of halogens is 1. The van der Waals surface area contributed by atoms with Gasteiger partial charge in [-0.15, -0.1) is 0 Å². The smallest absolute Gasteiger partial charge is 0.123 e. The van der Waals surface area contributed by atoms with E-state index in [1.165, 1.54) is 0 Å². The van der Waals surface area contributed by atoms with E-state index in [4.69, 9.17) is 0 Å². The first-order valence-electron chi connectivity index (χ1n) is 13.9. The maximum atomic E-state index is 13.2. The van der Waals surface area contributed by atoms with Crippen molar-refractivity contribution in [2.45, 2.75) is 11.2 Å². The van der Waals surface area contributed by atoms with E-state index < -0.39 is 23.0 Å². The molecule has 4 atom stereocenters. The maximum Gasteiger partial charge on any atom is 0.123 e. The van der Waals surface area contributed by atoms with Gasteiger partial charge in [-0.2, -0.15) is 0 Å². The Morgan fingerprint density at radius 2 is 0.902 bits per heavy atom. The van der Waals surface area contributed by atoms with Crippen molar-refractivity contribution in [2.75, 3.05) is 0 Å². The summed E-state index contributed by atoms with van der Waals surface area (Å²) in [5.41, 5.74) is 4.25. The Morgan fingerprint density at radius 3 is 1.41 bits per heavy atom. The average molecular weight is 598 g/mol. The van der Waals surface area contributed by atoms with E-state index in [-0.39, 0.29) is 0 Å². The van der Waals surface area contributed by atoms with Gasteiger partial charge < -0.3 is 10.2 Å². The van der Waals surface area contributed by atoms with Crippen molar-refractivity contribution in [3.8, 4) is 22.3 Å². The molecule has 0 fully saturated rings. The third kappa shape index (κ3) is 3.99. The zero-order chi connectivity index (χ0) is 28.0. The molecule has 2 nitrogen and oxygen atoms in total. The van der Waals surface area contributed by atoms with E-state index in [0.29, 0.717) is 11.1 Å². The predicted molar refractivity (Wildman–Crippen MR) is 169 cm³/mol. The molecule has 0 aromatic heterocycles. The zero-order valence-corrected chi connectivity index (χ0v) is 23.9. The van der Waals surface area contributed by atoms with Crippen molar-refractivity contribution in [3.63, 3.8) is 0 Å². The van der Waals surface area contributed by atoms with Gasteiger partial charge in [0.05, 0.1) is 0 Å². The van der Waals surface area contributed by atoms with Gasteiger partial charge in [-0.05, 0) is 56.6 Å². The number of fused-ring (bicyclic) bond motifs is 2. The van der Waals surface area contributed by atoms with Gasteiger partial charge in [0.2, 0.25) is 0 Å². The highest BCUT2D eigenvalue weighted by atomic mass is 79.9. The number of benzene rings is 5. The quantitative estimate of drug-likeness (QED) is 0.218. The lowest BCUT2D eigenvalue weighted by Crippen LogP contribution is -2.54. The summed E-state index contributed by atoms with van der Waals surface area (Å²) in [6, 6.07) is 42.5. The van der Waals surface area contributed by atoms with Crippen LogP contribution in [0.15, 0.2) is 156 Å². The number of rotatable bonds is 4. The van der Waals surface area contributed by atoms with Crippen molar-refractivity contribution in [1.29, 1.82) is 0 Å². The summed E-state index contributed by atoms with van der Waals surface area (Å²) < 4.78 is 0.847. The standard InChI is InChI=1S/C38H29BrO2/c39-28-23-24-35-36(25-28)38(41,32-20-10-8-18-30(32)27-15-5-2-6-16-27)34-22-12-11-21-33(34)37(35,40)31-19-9-7-17-29(31)26-13-3-1-4-14-26/h1-25,33-34,40-41H. The van der Waals surface area contributed by atoms with Crippen LogP contribution in [-0.4, -0.2) is 10.2 Å². The fraction of sp³-hybridized carbons (Fsp3) is 0.105. The van der Waals surface area contributed by atoms with Gasteiger partial charge in [-0.1, -0.05) is 155 Å². The van der Waals surface area contributed by atoms with Crippen LogP contribution in [0.3, 0.4) is 0 Å². The Bertz CT molecular complexity index is 1790. The maximum absolute atomic E-state index is 13.2. The van der Waals surface area contributed by atoms with Crippen LogP contribution in [0.1, 0.15) is 22.3 Å². The first-order valence-corrected chi connectivity index (χ1v) is 14.7. The van der Waals surface area contributed by atoms with Crippen LogP contribution >= 0.6 is 15.9 Å². The fourth-order valence-electron chi connectivity index (χ4n) is 6.95. The molecule has 41 heavy (non-hydrogen) atoms. The molecule has 5 aromatic rings. The van der Waals surface area contributed by atoms with Crippen LogP contribution in [0, 0.1) is 11.8 Å². The fourth-order valence-corrected chi connectivity index (χ4v) is 7.31. The van der Waals surface area contributed by atoms with Crippen molar-refractivity contribution in [2.24, 2.45) is 11.8 Å². The minimum absolute atomic E-state index is 0.431. The second-order valence-electron chi connectivity index (χ2n) is 10.9. The third-order valence-electron chi connectivity index (χ3n) is 8.75. The molecule has 0 bridgehead atoms. The molecule has 0 radical (unpaired) electrons. The second-order valence-corrected chi connectivity index (χ2v) is 11.8. The molecule has 0 saturated carbocycles. The normalized spacial score (nSPS) is 24.5. The highest BCUT2D eigenvalue weighted by Gasteiger charge is 2.58. The van der Waals surface area contributed by atoms with E-state index in [9.17, 15) is 10.2 Å². The van der Waals surface area contributed by atoms with Gasteiger partial charge in [0.1, 0.15) is 11.2 Å². The van der Waals surface area contributed by atoms with Crippen LogP contribution in [0.25, 0.3) is 22.3 Å². The molecule has 2 aliphatic rings. The second kappa shape index (κ2) is 10.1. The molecule has 0 saturated heterocycles. The average Bonchev–Trinajstić information content (AvgIpc) is 3.04. The molecule has 5 aromatic carbocycles. The van der Waals surface area contributed by atoms with Gasteiger partial charge in [0, 0.05) is 16.3 Å². The molecule has 200 valence electrons. The Labute approximate surface area is 249 Å². The van der Waals surface area contributed by atoms with Crippen molar-refractivity contribution >= 4 is 15.9 Å². The van der Waals surface area contributed by atoms with Crippen LogP contribution in [0.4, 0.5) is 0 Å². The highest BCUT2D eigenvalue weighted by molar-refractivity contribution is 9.10. The monoisotopic (exact) mass is 596 g/mol. The molecule has 3 heteroatoms. The Kier molecular flexibility index (Phi) is 6.39. The van der Waals surface area contributed by atoms with E-state index in [1.54, 1.807) is 0 Å². The summed E-state index contributed by atoms with van der Waals surface area (Å²) in [6.45, 7) is 0.